The highest BCUT2D eigenvalue weighted by Crippen LogP contribution is 2.16. The van der Waals surface area contributed by atoms with E-state index in [-0.39, 0.29) is 0 Å². The van der Waals surface area contributed by atoms with Crippen molar-refractivity contribution in [2.24, 2.45) is 5.92 Å². The Morgan fingerprint density at radius 3 is 2.22 bits per heavy atom. The first-order chi connectivity index (χ1) is 8.54. The molecule has 0 aliphatic carbocycles. The van der Waals surface area contributed by atoms with Gasteiger partial charge in [-0.05, 0) is 58.0 Å². The van der Waals surface area contributed by atoms with E-state index in [4.69, 9.17) is 0 Å². The maximum atomic E-state index is 4.12. The second kappa shape index (κ2) is 10.4. The lowest BCUT2D eigenvalue weighted by Gasteiger charge is -2.27. The maximum Gasteiger partial charge on any atom is 0.00467 e. The lowest BCUT2D eigenvalue weighted by molar-refractivity contribution is 0.238. The fraction of sp³-hybridized carbons (Fsp3) is 0.765. The van der Waals surface area contributed by atoms with Gasteiger partial charge < -0.3 is 4.90 Å². The molecular formula is C17H33N. The van der Waals surface area contributed by atoms with Gasteiger partial charge in [-0.1, -0.05) is 45.1 Å². The third-order valence-corrected chi connectivity index (χ3v) is 3.71. The lowest BCUT2D eigenvalue weighted by Crippen LogP contribution is -2.31. The Kier molecular flexibility index (Phi) is 10.0. The normalized spacial score (nSPS) is 12.7. The van der Waals surface area contributed by atoms with Crippen LogP contribution in [0.4, 0.5) is 0 Å². The van der Waals surface area contributed by atoms with E-state index < -0.39 is 0 Å². The Labute approximate surface area is 115 Å². The average Bonchev–Trinajstić information content (AvgIpc) is 2.34. The molecule has 0 aromatic heterocycles. The van der Waals surface area contributed by atoms with Gasteiger partial charge in [0.25, 0.3) is 0 Å². The van der Waals surface area contributed by atoms with Crippen molar-refractivity contribution in [3.63, 3.8) is 0 Å². The Morgan fingerprint density at radius 1 is 1.11 bits per heavy atom. The van der Waals surface area contributed by atoms with Gasteiger partial charge in [0.15, 0.2) is 0 Å². The van der Waals surface area contributed by atoms with Crippen molar-refractivity contribution in [1.82, 2.24) is 4.90 Å². The Bertz CT molecular complexity index is 242. The van der Waals surface area contributed by atoms with Gasteiger partial charge in [-0.25, -0.2) is 0 Å². The summed E-state index contributed by atoms with van der Waals surface area (Å²) in [5, 5.41) is 0. The second-order valence-electron chi connectivity index (χ2n) is 5.46. The van der Waals surface area contributed by atoms with Crippen molar-refractivity contribution in [2.45, 2.75) is 59.8 Å². The van der Waals surface area contributed by atoms with Crippen molar-refractivity contribution < 1.29 is 0 Å². The molecule has 0 fully saturated rings. The molecule has 1 nitrogen and oxygen atoms in total. The van der Waals surface area contributed by atoms with Crippen LogP contribution in [-0.2, 0) is 0 Å². The summed E-state index contributed by atoms with van der Waals surface area (Å²) in [6.45, 7) is 20.7. The van der Waals surface area contributed by atoms with Gasteiger partial charge in [0.2, 0.25) is 0 Å². The summed E-state index contributed by atoms with van der Waals surface area (Å²) in [7, 11) is 0. The van der Waals surface area contributed by atoms with Crippen molar-refractivity contribution in [3.8, 4) is 0 Å². The molecule has 1 heteroatoms. The van der Waals surface area contributed by atoms with Crippen LogP contribution in [0.5, 0.6) is 0 Å². The number of hydrogen-bond acceptors (Lipinski definition) is 1. The molecule has 0 bridgehead atoms. The zero-order chi connectivity index (χ0) is 14.0. The molecule has 0 saturated heterocycles. The molecule has 0 rings (SSSR count). The van der Waals surface area contributed by atoms with Crippen LogP contribution in [0.15, 0.2) is 24.3 Å². The van der Waals surface area contributed by atoms with Gasteiger partial charge in [0.1, 0.15) is 0 Å². The molecule has 0 radical (unpaired) electrons. The first-order valence-corrected chi connectivity index (χ1v) is 7.59. The summed E-state index contributed by atoms with van der Waals surface area (Å²) in [6.07, 6.45) is 6.00. The van der Waals surface area contributed by atoms with Crippen LogP contribution in [0.25, 0.3) is 0 Å². The summed E-state index contributed by atoms with van der Waals surface area (Å²) in [6, 6.07) is 0. The molecule has 0 amide bonds. The monoisotopic (exact) mass is 251 g/mol. The van der Waals surface area contributed by atoms with Gasteiger partial charge in [0.05, 0.1) is 0 Å². The largest absolute Gasteiger partial charge is 0.303 e. The molecule has 0 aliphatic heterocycles. The molecule has 0 spiro atoms. The summed E-state index contributed by atoms with van der Waals surface area (Å²) in [4.78, 5) is 2.60. The SMILES string of the molecule is C=C(CC)CCCN(CCC)CC(CC)C(=C)C. The molecule has 0 heterocycles. The standard InChI is InChI=1S/C17H33N/c1-7-12-18(13-10-11-16(6)8-2)14-17(9-3)15(4)5/h17H,4,6-14H2,1-3,5H3. The number of rotatable bonds is 11. The molecule has 0 aromatic carbocycles. The highest BCUT2D eigenvalue weighted by atomic mass is 15.1. The van der Waals surface area contributed by atoms with Crippen molar-refractivity contribution in [2.75, 3.05) is 19.6 Å². The van der Waals surface area contributed by atoms with E-state index in [1.54, 1.807) is 0 Å². The molecule has 0 saturated carbocycles. The smallest absolute Gasteiger partial charge is 0.00467 e. The highest BCUT2D eigenvalue weighted by molar-refractivity contribution is 4.97. The predicted molar refractivity (Wildman–Crippen MR) is 84.0 cm³/mol. The van der Waals surface area contributed by atoms with E-state index >= 15 is 0 Å². The van der Waals surface area contributed by atoms with E-state index in [1.165, 1.54) is 56.5 Å². The van der Waals surface area contributed by atoms with Crippen LogP contribution in [0.3, 0.4) is 0 Å². The predicted octanol–water partition coefficient (Wildman–Crippen LogP) is 5.05. The zero-order valence-corrected chi connectivity index (χ0v) is 13.1. The van der Waals surface area contributed by atoms with Crippen molar-refractivity contribution in [1.29, 1.82) is 0 Å². The molecule has 0 N–H and O–H groups in total. The fourth-order valence-corrected chi connectivity index (χ4v) is 2.29. The molecular weight excluding hydrogens is 218 g/mol. The Morgan fingerprint density at radius 2 is 1.78 bits per heavy atom. The minimum atomic E-state index is 0.658. The van der Waals surface area contributed by atoms with Crippen LogP contribution in [0, 0.1) is 5.92 Å². The molecule has 1 unspecified atom stereocenters. The zero-order valence-electron chi connectivity index (χ0n) is 13.1. The summed E-state index contributed by atoms with van der Waals surface area (Å²) in [5.41, 5.74) is 2.72. The van der Waals surface area contributed by atoms with Gasteiger partial charge in [-0.3, -0.25) is 0 Å². The molecule has 18 heavy (non-hydrogen) atoms. The van der Waals surface area contributed by atoms with Crippen molar-refractivity contribution >= 4 is 0 Å². The van der Waals surface area contributed by atoms with Crippen molar-refractivity contribution in [3.05, 3.63) is 24.3 Å². The van der Waals surface area contributed by atoms with Crippen LogP contribution in [0.1, 0.15) is 59.8 Å². The molecule has 1 atom stereocenters. The van der Waals surface area contributed by atoms with Gasteiger partial charge >= 0.3 is 0 Å². The number of nitrogens with zero attached hydrogens (tertiary/aromatic N) is 1. The van der Waals surface area contributed by atoms with E-state index in [2.05, 4.69) is 45.8 Å². The lowest BCUT2D eigenvalue weighted by atomic mass is 9.98. The first kappa shape index (κ1) is 17.4. The summed E-state index contributed by atoms with van der Waals surface area (Å²) >= 11 is 0. The minimum Gasteiger partial charge on any atom is -0.303 e. The van der Waals surface area contributed by atoms with E-state index in [1.807, 2.05) is 0 Å². The van der Waals surface area contributed by atoms with Crippen LogP contribution in [-0.4, -0.2) is 24.5 Å². The van der Waals surface area contributed by atoms with Gasteiger partial charge in [-0.15, -0.1) is 0 Å². The number of allylic oxidation sites excluding steroid dienone is 1. The van der Waals surface area contributed by atoms with E-state index in [0.717, 1.165) is 6.42 Å². The second-order valence-corrected chi connectivity index (χ2v) is 5.46. The third kappa shape index (κ3) is 7.71. The fourth-order valence-electron chi connectivity index (χ4n) is 2.29. The Hall–Kier alpha value is -0.560. The maximum absolute atomic E-state index is 4.12. The molecule has 0 aromatic rings. The first-order valence-electron chi connectivity index (χ1n) is 7.59. The van der Waals surface area contributed by atoms with E-state index in [9.17, 15) is 0 Å². The summed E-state index contributed by atoms with van der Waals surface area (Å²) in [5.74, 6) is 0.658. The average molecular weight is 251 g/mol. The Balaban J connectivity index is 4.12. The molecule has 0 aliphatic rings. The quantitative estimate of drug-likeness (QED) is 0.465. The minimum absolute atomic E-state index is 0.658. The van der Waals surface area contributed by atoms with Crippen LogP contribution in [0.2, 0.25) is 0 Å². The number of hydrogen-bond donors (Lipinski definition) is 0. The van der Waals surface area contributed by atoms with Crippen LogP contribution >= 0.6 is 0 Å². The van der Waals surface area contributed by atoms with Crippen LogP contribution < -0.4 is 0 Å². The topological polar surface area (TPSA) is 3.24 Å². The summed E-state index contributed by atoms with van der Waals surface area (Å²) < 4.78 is 0. The van der Waals surface area contributed by atoms with Gasteiger partial charge in [0, 0.05) is 6.54 Å². The highest BCUT2D eigenvalue weighted by Gasteiger charge is 2.12. The molecule has 106 valence electrons. The third-order valence-electron chi connectivity index (χ3n) is 3.71. The van der Waals surface area contributed by atoms with Gasteiger partial charge in [-0.2, -0.15) is 0 Å². The van der Waals surface area contributed by atoms with E-state index in [0.29, 0.717) is 5.92 Å².